The van der Waals surface area contributed by atoms with E-state index in [-0.39, 0.29) is 40.8 Å². The lowest BCUT2D eigenvalue weighted by molar-refractivity contribution is -0.143. The molecule has 0 bridgehead atoms. The average molecular weight is 648 g/mol. The molecule has 0 radical (unpaired) electrons. The van der Waals surface area contributed by atoms with Gasteiger partial charge in [0.2, 0.25) is 5.82 Å². The molecule has 7 rings (SSSR count). The highest BCUT2D eigenvalue weighted by Crippen LogP contribution is 2.49. The average Bonchev–Trinajstić information content (AvgIpc) is 3.50. The lowest BCUT2D eigenvalue weighted by Gasteiger charge is -2.36. The summed E-state index contributed by atoms with van der Waals surface area (Å²) in [6.07, 6.45) is 6.59. The fraction of sp³-hybridized carbons (Fsp3) is 0.314. The van der Waals surface area contributed by atoms with Crippen molar-refractivity contribution in [3.63, 3.8) is 0 Å². The van der Waals surface area contributed by atoms with Crippen molar-refractivity contribution in [1.82, 2.24) is 15.0 Å². The fourth-order valence-corrected chi connectivity index (χ4v) is 7.21. The quantitative estimate of drug-likeness (QED) is 0.148. The number of thioether (sulfide) groups is 1. The first-order valence-corrected chi connectivity index (χ1v) is 16.2. The number of aromatic amines is 2. The molecule has 1 atom stereocenters. The van der Waals surface area contributed by atoms with Crippen LogP contribution >= 0.6 is 11.8 Å². The number of hydrogen-bond donors (Lipinski definition) is 2. The Morgan fingerprint density at radius 2 is 2.00 bits per heavy atom. The normalized spacial score (nSPS) is 17.5. The van der Waals surface area contributed by atoms with E-state index in [1.807, 2.05) is 18.2 Å². The number of aryl methyl sites for hydroxylation is 1. The van der Waals surface area contributed by atoms with Gasteiger partial charge in [-0.15, -0.1) is 11.8 Å². The summed E-state index contributed by atoms with van der Waals surface area (Å²) in [6.45, 7) is 4.63. The molecular weight excluding hydrogens is 615 g/mol. The number of H-pyrrole nitrogens is 2. The third-order valence-corrected chi connectivity index (χ3v) is 10.1. The summed E-state index contributed by atoms with van der Waals surface area (Å²) in [6, 6.07) is 11.6. The Hall–Kier alpha value is -4.38. The van der Waals surface area contributed by atoms with Crippen molar-refractivity contribution in [1.29, 1.82) is 0 Å². The van der Waals surface area contributed by atoms with Crippen molar-refractivity contribution in [3.8, 4) is 28.6 Å². The molecule has 1 fully saturated rings. The molecule has 7 nitrogen and oxygen atoms in total. The minimum Gasteiger partial charge on any atom is -0.493 e. The number of aromatic nitrogens is 3. The van der Waals surface area contributed by atoms with Crippen molar-refractivity contribution >= 4 is 28.6 Å². The number of imidazole rings is 1. The molecule has 3 heterocycles. The molecule has 0 saturated heterocycles. The lowest BCUT2D eigenvalue weighted by Crippen LogP contribution is -2.32. The molecule has 2 aromatic heterocycles. The molecule has 238 valence electrons. The van der Waals surface area contributed by atoms with Gasteiger partial charge >= 0.3 is 5.97 Å². The Bertz CT molecular complexity index is 1950. The van der Waals surface area contributed by atoms with Gasteiger partial charge in [-0.25, -0.2) is 13.8 Å². The molecule has 2 N–H and O–H groups in total. The maximum atomic E-state index is 15.4. The Labute approximate surface area is 267 Å². The molecule has 1 saturated carbocycles. The summed E-state index contributed by atoms with van der Waals surface area (Å²) >= 11 is 1.46. The molecule has 46 heavy (non-hydrogen) atoms. The van der Waals surface area contributed by atoms with Gasteiger partial charge in [-0.05, 0) is 69.4 Å². The molecule has 0 spiro atoms. The number of halogens is 3. The van der Waals surface area contributed by atoms with E-state index in [4.69, 9.17) is 14.2 Å². The summed E-state index contributed by atoms with van der Waals surface area (Å²) in [4.78, 5) is 23.1. The minimum atomic E-state index is -1.10. The van der Waals surface area contributed by atoms with Gasteiger partial charge in [0.15, 0.2) is 11.6 Å². The molecule has 2 aliphatic rings. The zero-order chi connectivity index (χ0) is 32.0. The van der Waals surface area contributed by atoms with E-state index in [1.54, 1.807) is 25.4 Å². The first-order valence-electron chi connectivity index (χ1n) is 15.4. The summed E-state index contributed by atoms with van der Waals surface area (Å²) in [5, 5.41) is 0.846. The molecule has 0 amide bonds. The molecule has 0 unspecified atom stereocenters. The number of nitrogens with one attached hydrogen (secondary N) is 2. The van der Waals surface area contributed by atoms with Gasteiger partial charge < -0.3 is 24.2 Å². The molecule has 5 aromatic rings. The van der Waals surface area contributed by atoms with Crippen LogP contribution in [0.5, 0.6) is 17.2 Å². The van der Waals surface area contributed by atoms with Gasteiger partial charge in [0, 0.05) is 46.1 Å². The number of carbonyl (C=O) groups excluding carboxylic acids is 1. The number of rotatable bonds is 10. The van der Waals surface area contributed by atoms with Gasteiger partial charge in [-0.2, -0.15) is 4.39 Å². The summed E-state index contributed by atoms with van der Waals surface area (Å²) in [5.41, 5.74) is 2.28. The Balaban J connectivity index is 1.20. The van der Waals surface area contributed by atoms with Crippen LogP contribution in [0.2, 0.25) is 0 Å². The van der Waals surface area contributed by atoms with Crippen LogP contribution in [0.3, 0.4) is 0 Å². The second kappa shape index (κ2) is 12.1. The second-order valence-electron chi connectivity index (χ2n) is 11.8. The maximum absolute atomic E-state index is 15.4. The third kappa shape index (κ3) is 5.50. The molecule has 11 heteroatoms. The highest BCUT2D eigenvalue weighted by molar-refractivity contribution is 8.00. The van der Waals surface area contributed by atoms with Crippen LogP contribution < -0.4 is 9.47 Å². The fourth-order valence-electron chi connectivity index (χ4n) is 5.97. The van der Waals surface area contributed by atoms with Crippen molar-refractivity contribution in [3.05, 3.63) is 89.1 Å². The van der Waals surface area contributed by atoms with Crippen molar-refractivity contribution < 1.29 is 32.2 Å². The Morgan fingerprint density at radius 3 is 2.80 bits per heavy atom. The maximum Gasteiger partial charge on any atom is 0.306 e. The first-order chi connectivity index (χ1) is 22.3. The molecule has 3 aromatic carbocycles. The summed E-state index contributed by atoms with van der Waals surface area (Å²) < 4.78 is 62.9. The standard InChI is InChI=1S/C35H32F3N3O4S/c1-3-43-27(42)12-7-19-5-4-6-24-31(19)44-16-14-35(24,2)26-18-40-34(41-26)23-17-20(8-11-25(23)36)45-32-29(38)28(37)30-22(13-15-39-30)33(32)46-21-9-10-21/h4-6,8,11,13,15,17-18,21,39H,3,7,9-10,12,14,16H2,1-2H3,(H,40,41)/t35-/m0/s1. The highest BCUT2D eigenvalue weighted by Gasteiger charge is 2.38. The number of carbonyl (C=O) groups is 1. The van der Waals surface area contributed by atoms with Crippen LogP contribution in [0.15, 0.2) is 59.8 Å². The number of fused-ring (bicyclic) bond motifs is 2. The van der Waals surface area contributed by atoms with Crippen LogP contribution in [0.1, 0.15) is 56.4 Å². The van der Waals surface area contributed by atoms with E-state index in [0.29, 0.717) is 41.6 Å². The largest absolute Gasteiger partial charge is 0.493 e. The van der Waals surface area contributed by atoms with Crippen molar-refractivity contribution in [2.24, 2.45) is 0 Å². The number of para-hydroxylation sites is 1. The topological polar surface area (TPSA) is 89.2 Å². The van der Waals surface area contributed by atoms with Crippen LogP contribution in [-0.4, -0.2) is 39.4 Å². The number of ether oxygens (including phenoxy) is 3. The Kier molecular flexibility index (Phi) is 7.96. The SMILES string of the molecule is CCOC(=O)CCc1cccc2c1OCC[C@]2(C)c1cnc(-c2cc(Oc3c(F)c(F)c4[nH]ccc4c3SC3CC3)ccc2F)[nH]1. The lowest BCUT2D eigenvalue weighted by atomic mass is 9.74. The van der Waals surface area contributed by atoms with E-state index in [2.05, 4.69) is 21.9 Å². The van der Waals surface area contributed by atoms with Gasteiger partial charge in [-0.3, -0.25) is 4.79 Å². The monoisotopic (exact) mass is 647 g/mol. The Morgan fingerprint density at radius 1 is 1.15 bits per heavy atom. The van der Waals surface area contributed by atoms with Crippen LogP contribution in [-0.2, 0) is 21.4 Å². The summed E-state index contributed by atoms with van der Waals surface area (Å²) in [7, 11) is 0. The highest BCUT2D eigenvalue weighted by atomic mass is 32.2. The zero-order valence-corrected chi connectivity index (χ0v) is 26.2. The van der Waals surface area contributed by atoms with Gasteiger partial charge in [0.1, 0.15) is 23.1 Å². The number of nitrogens with zero attached hydrogens (tertiary/aromatic N) is 1. The minimum absolute atomic E-state index is 0.0882. The van der Waals surface area contributed by atoms with Gasteiger partial charge in [0.25, 0.3) is 0 Å². The van der Waals surface area contributed by atoms with E-state index < -0.39 is 22.9 Å². The van der Waals surface area contributed by atoms with Gasteiger partial charge in [-0.1, -0.05) is 18.2 Å². The van der Waals surface area contributed by atoms with Crippen LogP contribution in [0.25, 0.3) is 22.3 Å². The smallest absolute Gasteiger partial charge is 0.306 e. The predicted molar refractivity (Wildman–Crippen MR) is 169 cm³/mol. The molecular formula is C35H32F3N3O4S. The predicted octanol–water partition coefficient (Wildman–Crippen LogP) is 8.61. The van der Waals surface area contributed by atoms with Crippen LogP contribution in [0.4, 0.5) is 13.2 Å². The second-order valence-corrected chi connectivity index (χ2v) is 13.1. The molecule has 1 aliphatic carbocycles. The van der Waals surface area contributed by atoms with Crippen molar-refractivity contribution in [2.75, 3.05) is 13.2 Å². The van der Waals surface area contributed by atoms with E-state index in [0.717, 1.165) is 35.4 Å². The van der Waals surface area contributed by atoms with E-state index in [1.165, 1.54) is 30.0 Å². The van der Waals surface area contributed by atoms with Crippen LogP contribution in [0, 0.1) is 17.5 Å². The van der Waals surface area contributed by atoms with Crippen molar-refractivity contribution in [2.45, 2.75) is 61.5 Å². The van der Waals surface area contributed by atoms with E-state index in [9.17, 15) is 9.18 Å². The summed E-state index contributed by atoms with van der Waals surface area (Å²) in [5.74, 6) is -2.01. The number of benzene rings is 3. The zero-order valence-electron chi connectivity index (χ0n) is 25.3. The first kappa shape index (κ1) is 30.3. The number of hydrogen-bond acceptors (Lipinski definition) is 6. The van der Waals surface area contributed by atoms with Gasteiger partial charge in [0.05, 0.1) is 29.2 Å². The van der Waals surface area contributed by atoms with E-state index >= 15 is 8.78 Å². The molecule has 1 aliphatic heterocycles. The third-order valence-electron chi connectivity index (χ3n) is 8.64. The number of esters is 1.